The minimum atomic E-state index is -4.34. The number of nitrogen functional groups attached to an aromatic ring is 1. The van der Waals surface area contributed by atoms with Gasteiger partial charge in [-0.15, -0.1) is 0 Å². The summed E-state index contributed by atoms with van der Waals surface area (Å²) in [6, 6.07) is 4.95. The molecule has 74 valence electrons. The van der Waals surface area contributed by atoms with Crippen LogP contribution < -0.4 is 5.73 Å². The number of para-hydroxylation sites is 1. The summed E-state index contributed by atoms with van der Waals surface area (Å²) < 4.78 is 42.4. The van der Waals surface area contributed by atoms with Crippen LogP contribution in [0.4, 0.5) is 18.9 Å². The summed E-state index contributed by atoms with van der Waals surface area (Å²) >= 11 is 3.64. The predicted octanol–water partition coefficient (Wildman–Crippen LogP) is 2.42. The Morgan fingerprint density at radius 3 is 1.92 bits per heavy atom. The smallest absolute Gasteiger partial charge is 0.398 e. The number of hydrogen-bond donors (Lipinski definition) is 2. The molecule has 13 heavy (non-hydrogen) atoms. The van der Waals surface area contributed by atoms with E-state index in [0.717, 1.165) is 6.07 Å². The first-order valence-electron chi connectivity index (χ1n) is 3.10. The maximum absolute atomic E-state index is 12.0. The van der Waals surface area contributed by atoms with Gasteiger partial charge in [0.15, 0.2) is 0 Å². The summed E-state index contributed by atoms with van der Waals surface area (Å²) in [5.74, 6) is 0. The summed E-state index contributed by atoms with van der Waals surface area (Å²) in [4.78, 5) is 0. The van der Waals surface area contributed by atoms with Gasteiger partial charge in [-0.3, -0.25) is 4.66 Å². The van der Waals surface area contributed by atoms with Gasteiger partial charge in [-0.05, 0) is 12.1 Å². The lowest BCUT2D eigenvalue weighted by Gasteiger charge is -2.07. The van der Waals surface area contributed by atoms with Crippen LogP contribution in [0.25, 0.3) is 0 Å². The van der Waals surface area contributed by atoms with Crippen molar-refractivity contribution in [2.24, 2.45) is 0 Å². The van der Waals surface area contributed by atoms with Crippen LogP contribution in [-0.4, -0.2) is 4.66 Å². The van der Waals surface area contributed by atoms with Gasteiger partial charge in [0.2, 0.25) is 0 Å². The van der Waals surface area contributed by atoms with E-state index in [-0.39, 0.29) is 5.69 Å². The van der Waals surface area contributed by atoms with Gasteiger partial charge in [-0.2, -0.15) is 13.2 Å². The molecule has 1 aromatic rings. The minimum Gasteiger partial charge on any atom is -0.398 e. The van der Waals surface area contributed by atoms with Crippen LogP contribution >= 0.6 is 11.9 Å². The maximum Gasteiger partial charge on any atom is 0.418 e. The van der Waals surface area contributed by atoms with E-state index in [2.05, 4.69) is 11.9 Å². The fraction of sp³-hybridized carbons (Fsp3) is 0.143. The van der Waals surface area contributed by atoms with Crippen LogP contribution in [0.2, 0.25) is 0 Å². The number of anilines is 1. The molecule has 0 aromatic heterocycles. The normalized spacial score (nSPS) is 10.2. The zero-order valence-electron chi connectivity index (χ0n) is 6.35. The van der Waals surface area contributed by atoms with E-state index in [1.807, 2.05) is 0 Å². The summed E-state index contributed by atoms with van der Waals surface area (Å²) in [5.41, 5.74) is 4.07. The topological polar surface area (TPSA) is 46.2 Å². The molecular weight excluding hydrogens is 207 g/mol. The van der Waals surface area contributed by atoms with Crippen molar-refractivity contribution in [1.29, 1.82) is 0 Å². The molecule has 0 aliphatic carbocycles. The van der Waals surface area contributed by atoms with Crippen molar-refractivity contribution < 1.29 is 17.8 Å². The Hall–Kier alpha value is -0.940. The van der Waals surface area contributed by atoms with Gasteiger partial charge in [0, 0.05) is 5.69 Å². The van der Waals surface area contributed by atoms with Crippen LogP contribution in [0, 0.1) is 0 Å². The molecule has 2 nitrogen and oxygen atoms in total. The van der Waals surface area contributed by atoms with Crippen molar-refractivity contribution in [1.82, 2.24) is 0 Å². The highest BCUT2D eigenvalue weighted by Gasteiger charge is 2.32. The number of nitrogens with two attached hydrogens (primary N) is 1. The van der Waals surface area contributed by atoms with Crippen LogP contribution in [0.15, 0.2) is 24.3 Å². The molecule has 0 unspecified atom stereocenters. The average Bonchev–Trinajstić information content (AvgIpc) is 2.07. The van der Waals surface area contributed by atoms with E-state index >= 15 is 0 Å². The summed E-state index contributed by atoms with van der Waals surface area (Å²) in [5, 5.41) is 0. The Bertz CT molecular complexity index is 264. The Kier molecular flexibility index (Phi) is 4.58. The van der Waals surface area contributed by atoms with E-state index in [1.165, 1.54) is 18.2 Å². The van der Waals surface area contributed by atoms with Crippen LogP contribution in [0.3, 0.4) is 0 Å². The van der Waals surface area contributed by atoms with Crippen molar-refractivity contribution in [3.63, 3.8) is 0 Å². The van der Waals surface area contributed by atoms with Crippen molar-refractivity contribution in [2.75, 3.05) is 5.73 Å². The molecule has 0 radical (unpaired) electrons. The van der Waals surface area contributed by atoms with Gasteiger partial charge in [0.25, 0.3) is 0 Å². The maximum atomic E-state index is 12.0. The van der Waals surface area contributed by atoms with Gasteiger partial charge in [-0.25, -0.2) is 0 Å². The van der Waals surface area contributed by atoms with Crippen molar-refractivity contribution in [3.05, 3.63) is 29.8 Å². The number of benzene rings is 1. The monoisotopic (exact) mass is 213 g/mol. The second kappa shape index (κ2) is 4.94. The minimum absolute atomic E-state index is 0.236. The Labute approximate surface area is 77.9 Å². The first-order valence-corrected chi connectivity index (χ1v) is 3.44. The fourth-order valence-electron chi connectivity index (χ4n) is 0.755. The molecule has 0 atom stereocenters. The van der Waals surface area contributed by atoms with E-state index in [9.17, 15) is 13.2 Å². The second-order valence-corrected chi connectivity index (χ2v) is 2.09. The molecule has 0 saturated heterocycles. The molecule has 0 bridgehead atoms. The predicted molar refractivity (Wildman–Crippen MR) is 43.9 cm³/mol. The first-order chi connectivity index (χ1) is 6.02. The largest absolute Gasteiger partial charge is 0.418 e. The summed E-state index contributed by atoms with van der Waals surface area (Å²) in [6.45, 7) is 0. The van der Waals surface area contributed by atoms with Crippen LogP contribution in [-0.2, 0) is 6.18 Å². The quantitative estimate of drug-likeness (QED) is 0.650. The first kappa shape index (κ1) is 12.1. The van der Waals surface area contributed by atoms with Crippen molar-refractivity contribution in [2.45, 2.75) is 6.18 Å². The van der Waals surface area contributed by atoms with E-state index in [0.29, 0.717) is 0 Å². The molecule has 6 heteroatoms. The number of rotatable bonds is 0. The van der Waals surface area contributed by atoms with Crippen molar-refractivity contribution >= 4 is 17.6 Å². The number of alkyl halides is 3. The van der Waals surface area contributed by atoms with E-state index < -0.39 is 11.7 Å². The molecule has 0 heterocycles. The number of halogens is 4. The third kappa shape index (κ3) is 3.52. The van der Waals surface area contributed by atoms with Gasteiger partial charge >= 0.3 is 6.18 Å². The molecule has 0 amide bonds. The van der Waals surface area contributed by atoms with Crippen LogP contribution in [0.1, 0.15) is 5.56 Å². The molecule has 3 N–H and O–H groups in total. The van der Waals surface area contributed by atoms with Gasteiger partial charge in [0.1, 0.15) is 0 Å². The highest BCUT2D eigenvalue weighted by atomic mass is 35.5. The molecule has 1 rings (SSSR count). The van der Waals surface area contributed by atoms with Gasteiger partial charge < -0.3 is 5.73 Å². The Balaban J connectivity index is 0.000000671. The van der Waals surface area contributed by atoms with Gasteiger partial charge in [-0.1, -0.05) is 12.1 Å². The number of hydrogen-bond acceptors (Lipinski definition) is 2. The molecular formula is C7H7ClF3NO. The molecule has 1 aromatic carbocycles. The summed E-state index contributed by atoms with van der Waals surface area (Å²) in [7, 11) is 0. The SMILES string of the molecule is Nc1ccccc1C(F)(F)F.OCl. The van der Waals surface area contributed by atoms with Crippen molar-refractivity contribution in [3.8, 4) is 0 Å². The lowest BCUT2D eigenvalue weighted by molar-refractivity contribution is -0.136. The molecule has 0 aliphatic rings. The van der Waals surface area contributed by atoms with E-state index in [1.54, 1.807) is 0 Å². The Morgan fingerprint density at radius 1 is 1.15 bits per heavy atom. The third-order valence-electron chi connectivity index (χ3n) is 1.27. The average molecular weight is 214 g/mol. The van der Waals surface area contributed by atoms with Crippen LogP contribution in [0.5, 0.6) is 0 Å². The highest BCUT2D eigenvalue weighted by molar-refractivity contribution is 6.04. The molecule has 0 aliphatic heterocycles. The second-order valence-electron chi connectivity index (χ2n) is 2.09. The summed E-state index contributed by atoms with van der Waals surface area (Å²) in [6.07, 6.45) is -4.34. The van der Waals surface area contributed by atoms with Gasteiger partial charge in [0.05, 0.1) is 17.4 Å². The zero-order chi connectivity index (χ0) is 10.5. The standard InChI is InChI=1S/C7H6F3N.ClHO/c8-7(9,10)5-3-1-2-4-6(5)11;1-2/h1-4H,11H2;2H. The lowest BCUT2D eigenvalue weighted by atomic mass is 10.2. The Morgan fingerprint density at radius 2 is 1.62 bits per heavy atom. The molecule has 0 saturated carbocycles. The zero-order valence-corrected chi connectivity index (χ0v) is 7.10. The van der Waals surface area contributed by atoms with E-state index in [4.69, 9.17) is 10.4 Å². The highest BCUT2D eigenvalue weighted by Crippen LogP contribution is 2.32. The molecule has 0 fully saturated rings. The lowest BCUT2D eigenvalue weighted by Crippen LogP contribution is -2.07. The molecule has 0 spiro atoms. The fourth-order valence-corrected chi connectivity index (χ4v) is 0.755. The third-order valence-corrected chi connectivity index (χ3v) is 1.27.